The maximum Gasteiger partial charge on any atom is 0.210 e. The number of nitrogens with zero attached hydrogens (tertiary/aromatic N) is 3. The first-order chi connectivity index (χ1) is 12.5. The molecule has 4 rings (SSSR count). The minimum absolute atomic E-state index is 0.0642. The quantitative estimate of drug-likeness (QED) is 0.686. The van der Waals surface area contributed by atoms with Gasteiger partial charge in [-0.3, -0.25) is 4.79 Å². The van der Waals surface area contributed by atoms with Crippen LogP contribution >= 0.6 is 23.4 Å². The minimum Gasteiger partial charge on any atom is -0.313 e. The molecule has 1 aliphatic heterocycles. The maximum atomic E-state index is 13.2. The number of rotatable bonds is 3. The van der Waals surface area contributed by atoms with Crippen LogP contribution in [-0.2, 0) is 0 Å². The van der Waals surface area contributed by atoms with E-state index < -0.39 is 0 Å². The number of ketones is 1. The monoisotopic (exact) mass is 384 g/mol. The molecule has 0 saturated heterocycles. The lowest BCUT2D eigenvalue weighted by atomic mass is 9.97. The van der Waals surface area contributed by atoms with E-state index in [0.29, 0.717) is 15.7 Å². The van der Waals surface area contributed by atoms with E-state index in [4.69, 9.17) is 11.6 Å². The summed E-state index contributed by atoms with van der Waals surface area (Å²) >= 11 is 7.47. The molecule has 0 radical (unpaired) electrons. The maximum absolute atomic E-state index is 13.2. The van der Waals surface area contributed by atoms with Gasteiger partial charge in [0.15, 0.2) is 5.78 Å². The Bertz CT molecular complexity index is 953. The molecular weight excluding hydrogens is 368 g/mol. The first-order valence-electron chi connectivity index (χ1n) is 8.24. The molecule has 0 aliphatic carbocycles. The number of carbonyl (C=O) groups is 1. The van der Waals surface area contributed by atoms with Crippen LogP contribution in [0.15, 0.2) is 53.7 Å². The van der Waals surface area contributed by atoms with Gasteiger partial charge in [0.1, 0.15) is 11.1 Å². The SMILES string of the molecule is Cc1ccc(C(=O)[C@H]2Sc3nnc(C)n3N[C@@H]2c2ccc(Cl)cc2)cc1. The third kappa shape index (κ3) is 3.10. The predicted molar refractivity (Wildman–Crippen MR) is 103 cm³/mol. The van der Waals surface area contributed by atoms with E-state index in [2.05, 4.69) is 15.6 Å². The molecule has 1 aromatic heterocycles. The summed E-state index contributed by atoms with van der Waals surface area (Å²) in [5.41, 5.74) is 6.21. The van der Waals surface area contributed by atoms with Crippen molar-refractivity contribution in [2.75, 3.05) is 5.43 Å². The summed E-state index contributed by atoms with van der Waals surface area (Å²) < 4.78 is 1.84. The summed E-state index contributed by atoms with van der Waals surface area (Å²) in [5, 5.41) is 9.30. The third-order valence-corrected chi connectivity index (χ3v) is 5.89. The largest absolute Gasteiger partial charge is 0.313 e. The molecule has 2 heterocycles. The van der Waals surface area contributed by atoms with E-state index in [9.17, 15) is 4.79 Å². The number of hydrogen-bond donors (Lipinski definition) is 1. The van der Waals surface area contributed by atoms with Crippen molar-refractivity contribution in [2.24, 2.45) is 0 Å². The third-order valence-electron chi connectivity index (χ3n) is 4.42. The zero-order valence-electron chi connectivity index (χ0n) is 14.3. The van der Waals surface area contributed by atoms with Gasteiger partial charge in [-0.2, -0.15) is 0 Å². The Balaban J connectivity index is 1.74. The second-order valence-corrected chi connectivity index (χ2v) is 7.84. The lowest BCUT2D eigenvalue weighted by Gasteiger charge is -2.32. The van der Waals surface area contributed by atoms with Crippen LogP contribution in [0.5, 0.6) is 0 Å². The van der Waals surface area contributed by atoms with Gasteiger partial charge >= 0.3 is 0 Å². The molecule has 0 spiro atoms. The lowest BCUT2D eigenvalue weighted by Crippen LogP contribution is -2.39. The summed E-state index contributed by atoms with van der Waals surface area (Å²) in [5.74, 6) is 0.821. The van der Waals surface area contributed by atoms with E-state index in [-0.39, 0.29) is 17.1 Å². The summed E-state index contributed by atoms with van der Waals surface area (Å²) in [4.78, 5) is 13.2. The van der Waals surface area contributed by atoms with E-state index in [1.54, 1.807) is 0 Å². The zero-order valence-corrected chi connectivity index (χ0v) is 15.9. The van der Waals surface area contributed by atoms with E-state index in [1.807, 2.05) is 67.1 Å². The van der Waals surface area contributed by atoms with Gasteiger partial charge in [-0.05, 0) is 31.5 Å². The molecule has 7 heteroatoms. The number of aryl methyl sites for hydroxylation is 2. The van der Waals surface area contributed by atoms with Crippen molar-refractivity contribution in [1.29, 1.82) is 0 Å². The van der Waals surface area contributed by atoms with Crippen molar-refractivity contribution in [1.82, 2.24) is 14.9 Å². The molecule has 0 amide bonds. The minimum atomic E-state index is -0.352. The Morgan fingerprint density at radius 2 is 1.77 bits per heavy atom. The van der Waals surface area contributed by atoms with Gasteiger partial charge in [-0.15, -0.1) is 10.2 Å². The van der Waals surface area contributed by atoms with E-state index in [1.165, 1.54) is 11.8 Å². The fourth-order valence-corrected chi connectivity index (χ4v) is 4.29. The first kappa shape index (κ1) is 17.1. The number of nitrogens with one attached hydrogen (secondary N) is 1. The molecule has 132 valence electrons. The van der Waals surface area contributed by atoms with Crippen molar-refractivity contribution in [2.45, 2.75) is 30.3 Å². The van der Waals surface area contributed by atoms with Gasteiger partial charge < -0.3 is 5.43 Å². The number of halogens is 1. The molecule has 0 unspecified atom stereocenters. The molecule has 2 atom stereocenters. The highest BCUT2D eigenvalue weighted by molar-refractivity contribution is 8.00. The number of hydrogen-bond acceptors (Lipinski definition) is 5. The average Bonchev–Trinajstić information content (AvgIpc) is 3.02. The van der Waals surface area contributed by atoms with Gasteiger partial charge in [0.05, 0.1) is 6.04 Å². The fraction of sp³-hybridized carbons (Fsp3) is 0.211. The van der Waals surface area contributed by atoms with Gasteiger partial charge in [0.2, 0.25) is 5.16 Å². The van der Waals surface area contributed by atoms with Crippen molar-refractivity contribution < 1.29 is 4.79 Å². The lowest BCUT2D eigenvalue weighted by molar-refractivity contribution is 0.0980. The molecule has 1 N–H and O–H groups in total. The number of benzene rings is 2. The van der Waals surface area contributed by atoms with Crippen LogP contribution in [0.1, 0.15) is 33.4 Å². The van der Waals surface area contributed by atoms with Crippen molar-refractivity contribution in [3.8, 4) is 0 Å². The highest BCUT2D eigenvalue weighted by Gasteiger charge is 2.37. The molecule has 0 saturated carbocycles. The summed E-state index contributed by atoms with van der Waals surface area (Å²) in [7, 11) is 0. The number of aromatic nitrogens is 3. The normalized spacial score (nSPS) is 18.9. The first-order valence-corrected chi connectivity index (χ1v) is 9.50. The van der Waals surface area contributed by atoms with Gasteiger partial charge in [-0.25, -0.2) is 4.68 Å². The van der Waals surface area contributed by atoms with Crippen molar-refractivity contribution in [3.63, 3.8) is 0 Å². The molecule has 26 heavy (non-hydrogen) atoms. The molecule has 0 fully saturated rings. The van der Waals surface area contributed by atoms with Crippen LogP contribution in [0.3, 0.4) is 0 Å². The van der Waals surface area contributed by atoms with Crippen LogP contribution in [-0.4, -0.2) is 25.9 Å². The van der Waals surface area contributed by atoms with Crippen LogP contribution < -0.4 is 5.43 Å². The smallest absolute Gasteiger partial charge is 0.210 e. The average molecular weight is 385 g/mol. The number of carbonyl (C=O) groups excluding carboxylic acids is 1. The number of Topliss-reactive ketones (excluding diaryl/α,β-unsaturated/α-hetero) is 1. The highest BCUT2D eigenvalue weighted by Crippen LogP contribution is 2.38. The molecule has 1 aliphatic rings. The predicted octanol–water partition coefficient (Wildman–Crippen LogP) is 4.19. The molecule has 5 nitrogen and oxygen atoms in total. The van der Waals surface area contributed by atoms with E-state index >= 15 is 0 Å². The van der Waals surface area contributed by atoms with Crippen molar-refractivity contribution in [3.05, 3.63) is 76.1 Å². The Morgan fingerprint density at radius 3 is 2.46 bits per heavy atom. The van der Waals surface area contributed by atoms with Crippen LogP contribution in [0.2, 0.25) is 5.02 Å². The Kier molecular flexibility index (Phi) is 4.46. The summed E-state index contributed by atoms with van der Waals surface area (Å²) in [6.45, 7) is 3.89. The van der Waals surface area contributed by atoms with Gasteiger partial charge in [0, 0.05) is 10.6 Å². The zero-order chi connectivity index (χ0) is 18.3. The van der Waals surface area contributed by atoms with Crippen molar-refractivity contribution >= 4 is 29.1 Å². The summed E-state index contributed by atoms with van der Waals surface area (Å²) in [6, 6.07) is 15.0. The summed E-state index contributed by atoms with van der Waals surface area (Å²) in [6.07, 6.45) is 0. The molecule has 2 aromatic carbocycles. The second-order valence-electron chi connectivity index (χ2n) is 6.29. The Hall–Kier alpha value is -2.31. The van der Waals surface area contributed by atoms with Crippen LogP contribution in [0, 0.1) is 13.8 Å². The topological polar surface area (TPSA) is 59.8 Å². The van der Waals surface area contributed by atoms with Crippen LogP contribution in [0.25, 0.3) is 0 Å². The standard InChI is InChI=1S/C19H17ClN4OS/c1-11-3-5-14(6-4-11)17(25)18-16(13-7-9-15(20)10-8-13)23-24-12(2)21-22-19(24)26-18/h3-10,16,18,23H,1-2H3/t16-,18+/m1/s1. The van der Waals surface area contributed by atoms with Crippen LogP contribution in [0.4, 0.5) is 0 Å². The molecule has 0 bridgehead atoms. The van der Waals surface area contributed by atoms with Gasteiger partial charge in [0.25, 0.3) is 0 Å². The molecular formula is C19H17ClN4OS. The Labute approximate surface area is 160 Å². The fourth-order valence-electron chi connectivity index (χ4n) is 2.96. The molecule has 3 aromatic rings. The van der Waals surface area contributed by atoms with Gasteiger partial charge in [-0.1, -0.05) is 65.3 Å². The number of thioether (sulfide) groups is 1. The highest BCUT2D eigenvalue weighted by atomic mass is 35.5. The Morgan fingerprint density at radius 1 is 1.08 bits per heavy atom. The second kappa shape index (κ2) is 6.78. The van der Waals surface area contributed by atoms with E-state index in [0.717, 1.165) is 17.0 Å². The number of fused-ring (bicyclic) bond motifs is 1.